The third-order valence-electron chi connectivity index (χ3n) is 3.02. The molecule has 0 aromatic rings. The van der Waals surface area contributed by atoms with Crippen molar-refractivity contribution in [3.8, 4) is 0 Å². The van der Waals surface area contributed by atoms with Crippen molar-refractivity contribution >= 4 is 24.3 Å². The summed E-state index contributed by atoms with van der Waals surface area (Å²) in [5.74, 6) is -0.683. The molecule has 1 unspecified atom stereocenters. The average molecular weight is 279 g/mol. The Morgan fingerprint density at radius 2 is 2.11 bits per heavy atom. The van der Waals surface area contributed by atoms with Crippen molar-refractivity contribution in [3.05, 3.63) is 0 Å². The number of rotatable bonds is 5. The first kappa shape index (κ1) is 17.2. The van der Waals surface area contributed by atoms with E-state index in [-0.39, 0.29) is 36.7 Å². The van der Waals surface area contributed by atoms with E-state index in [2.05, 4.69) is 10.2 Å². The van der Waals surface area contributed by atoms with Crippen LogP contribution in [-0.4, -0.2) is 47.6 Å². The second-order valence-corrected chi connectivity index (χ2v) is 4.95. The first-order valence-corrected chi connectivity index (χ1v) is 6.23. The summed E-state index contributed by atoms with van der Waals surface area (Å²) < 4.78 is 0. The SMILES string of the molecule is CC(C)C(=O)NC1CCCN(CCC(=O)O)C1.Cl. The van der Waals surface area contributed by atoms with Crippen LogP contribution in [0.15, 0.2) is 0 Å². The molecule has 0 aromatic carbocycles. The van der Waals surface area contributed by atoms with E-state index in [0.29, 0.717) is 6.54 Å². The van der Waals surface area contributed by atoms with Gasteiger partial charge in [0.1, 0.15) is 0 Å². The summed E-state index contributed by atoms with van der Waals surface area (Å²) in [5.41, 5.74) is 0. The average Bonchev–Trinajstić information content (AvgIpc) is 2.26. The number of piperidine rings is 1. The Morgan fingerprint density at radius 3 is 2.67 bits per heavy atom. The lowest BCUT2D eigenvalue weighted by atomic mass is 10.0. The number of amides is 1. The number of carboxylic acid groups (broad SMARTS) is 1. The number of carbonyl (C=O) groups is 2. The number of carboxylic acids is 1. The van der Waals surface area contributed by atoms with Gasteiger partial charge in [-0.3, -0.25) is 9.59 Å². The zero-order valence-corrected chi connectivity index (χ0v) is 11.8. The molecule has 1 saturated heterocycles. The molecule has 1 aliphatic rings. The maximum atomic E-state index is 11.6. The smallest absolute Gasteiger partial charge is 0.304 e. The van der Waals surface area contributed by atoms with Gasteiger partial charge in [-0.15, -0.1) is 12.4 Å². The van der Waals surface area contributed by atoms with E-state index >= 15 is 0 Å². The first-order chi connectivity index (χ1) is 7.99. The lowest BCUT2D eigenvalue weighted by molar-refractivity contribution is -0.137. The van der Waals surface area contributed by atoms with Crippen molar-refractivity contribution in [3.63, 3.8) is 0 Å². The predicted octanol–water partition coefficient (Wildman–Crippen LogP) is 1.12. The van der Waals surface area contributed by atoms with Crippen LogP contribution >= 0.6 is 12.4 Å². The third kappa shape index (κ3) is 6.21. The molecule has 106 valence electrons. The van der Waals surface area contributed by atoms with Crippen LogP contribution in [0.2, 0.25) is 0 Å². The number of aliphatic carboxylic acids is 1. The Labute approximate surface area is 114 Å². The van der Waals surface area contributed by atoms with Gasteiger partial charge in [0, 0.05) is 25.0 Å². The molecule has 5 nitrogen and oxygen atoms in total. The van der Waals surface area contributed by atoms with E-state index in [9.17, 15) is 9.59 Å². The van der Waals surface area contributed by atoms with Crippen LogP contribution in [0.1, 0.15) is 33.1 Å². The second kappa shape index (κ2) is 8.32. The zero-order chi connectivity index (χ0) is 12.8. The number of likely N-dealkylation sites (tertiary alicyclic amines) is 1. The van der Waals surface area contributed by atoms with Crippen molar-refractivity contribution in [1.82, 2.24) is 10.2 Å². The normalized spacial score (nSPS) is 20.3. The number of hydrogen-bond donors (Lipinski definition) is 2. The maximum absolute atomic E-state index is 11.6. The molecule has 1 amide bonds. The molecule has 0 aliphatic carbocycles. The molecule has 18 heavy (non-hydrogen) atoms. The summed E-state index contributed by atoms with van der Waals surface area (Å²) in [5, 5.41) is 11.6. The monoisotopic (exact) mass is 278 g/mol. The molecule has 0 aromatic heterocycles. The largest absolute Gasteiger partial charge is 0.481 e. The van der Waals surface area contributed by atoms with Crippen molar-refractivity contribution in [2.45, 2.75) is 39.2 Å². The molecular formula is C12H23ClN2O3. The van der Waals surface area contributed by atoms with E-state index in [0.717, 1.165) is 25.9 Å². The van der Waals surface area contributed by atoms with Gasteiger partial charge >= 0.3 is 5.97 Å². The number of carbonyl (C=O) groups excluding carboxylic acids is 1. The van der Waals surface area contributed by atoms with Crippen LogP contribution in [0.4, 0.5) is 0 Å². The lowest BCUT2D eigenvalue weighted by Crippen LogP contribution is -2.49. The number of nitrogens with one attached hydrogen (secondary N) is 1. The summed E-state index contributed by atoms with van der Waals surface area (Å²) in [6.07, 6.45) is 2.18. The molecule has 0 saturated carbocycles. The van der Waals surface area contributed by atoms with Crippen molar-refractivity contribution in [2.24, 2.45) is 5.92 Å². The minimum atomic E-state index is -0.765. The Hall–Kier alpha value is -0.810. The molecule has 0 spiro atoms. The number of nitrogens with zero attached hydrogens (tertiary/aromatic N) is 1. The van der Waals surface area contributed by atoms with E-state index < -0.39 is 5.97 Å². The highest BCUT2D eigenvalue weighted by Gasteiger charge is 2.22. The zero-order valence-electron chi connectivity index (χ0n) is 11.0. The third-order valence-corrected chi connectivity index (χ3v) is 3.02. The molecule has 2 N–H and O–H groups in total. The van der Waals surface area contributed by atoms with Crippen LogP contribution in [0, 0.1) is 5.92 Å². The van der Waals surface area contributed by atoms with Gasteiger partial charge in [0.2, 0.25) is 5.91 Å². The summed E-state index contributed by atoms with van der Waals surface area (Å²) >= 11 is 0. The Kier molecular flexibility index (Phi) is 7.95. The van der Waals surface area contributed by atoms with Gasteiger partial charge in [0.25, 0.3) is 0 Å². The van der Waals surface area contributed by atoms with Crippen molar-refractivity contribution in [2.75, 3.05) is 19.6 Å². The highest BCUT2D eigenvalue weighted by atomic mass is 35.5. The van der Waals surface area contributed by atoms with Crippen molar-refractivity contribution in [1.29, 1.82) is 0 Å². The summed E-state index contributed by atoms with van der Waals surface area (Å²) in [6, 6.07) is 0.174. The minimum Gasteiger partial charge on any atom is -0.481 e. The van der Waals surface area contributed by atoms with Gasteiger partial charge in [-0.1, -0.05) is 13.8 Å². The van der Waals surface area contributed by atoms with Crippen LogP contribution < -0.4 is 5.32 Å². The van der Waals surface area contributed by atoms with Gasteiger partial charge in [-0.05, 0) is 19.4 Å². The molecule has 1 heterocycles. The van der Waals surface area contributed by atoms with E-state index in [1.165, 1.54) is 0 Å². The summed E-state index contributed by atoms with van der Waals surface area (Å²) in [7, 11) is 0. The topological polar surface area (TPSA) is 69.6 Å². The summed E-state index contributed by atoms with van der Waals surface area (Å²) in [6.45, 7) is 6.02. The standard InChI is InChI=1S/C12H22N2O3.ClH/c1-9(2)12(17)13-10-4-3-6-14(8-10)7-5-11(15)16;/h9-10H,3-8H2,1-2H3,(H,13,17)(H,15,16);1H. The summed E-state index contributed by atoms with van der Waals surface area (Å²) in [4.78, 5) is 24.2. The predicted molar refractivity (Wildman–Crippen MR) is 71.9 cm³/mol. The van der Waals surface area contributed by atoms with Gasteiger partial charge < -0.3 is 15.3 Å². The minimum absolute atomic E-state index is 0. The number of hydrogen-bond acceptors (Lipinski definition) is 3. The first-order valence-electron chi connectivity index (χ1n) is 6.23. The van der Waals surface area contributed by atoms with Gasteiger partial charge in [0.05, 0.1) is 6.42 Å². The fraction of sp³-hybridized carbons (Fsp3) is 0.833. The van der Waals surface area contributed by atoms with Crippen LogP contribution in [0.5, 0.6) is 0 Å². The Morgan fingerprint density at radius 1 is 1.44 bits per heavy atom. The Bertz CT molecular complexity index is 284. The highest BCUT2D eigenvalue weighted by molar-refractivity contribution is 5.85. The maximum Gasteiger partial charge on any atom is 0.304 e. The van der Waals surface area contributed by atoms with Crippen LogP contribution in [0.3, 0.4) is 0 Å². The van der Waals surface area contributed by atoms with E-state index in [1.807, 2.05) is 13.8 Å². The van der Waals surface area contributed by atoms with E-state index in [1.54, 1.807) is 0 Å². The molecule has 1 atom stereocenters. The van der Waals surface area contributed by atoms with E-state index in [4.69, 9.17) is 5.11 Å². The fourth-order valence-corrected chi connectivity index (χ4v) is 2.00. The molecule has 1 rings (SSSR count). The van der Waals surface area contributed by atoms with Crippen LogP contribution in [0.25, 0.3) is 0 Å². The quantitative estimate of drug-likeness (QED) is 0.791. The molecule has 0 radical (unpaired) electrons. The second-order valence-electron chi connectivity index (χ2n) is 4.95. The van der Waals surface area contributed by atoms with Gasteiger partial charge in [-0.2, -0.15) is 0 Å². The van der Waals surface area contributed by atoms with Crippen molar-refractivity contribution < 1.29 is 14.7 Å². The fourth-order valence-electron chi connectivity index (χ4n) is 2.00. The van der Waals surface area contributed by atoms with Crippen LogP contribution in [-0.2, 0) is 9.59 Å². The Balaban J connectivity index is 0.00000289. The molecule has 6 heteroatoms. The highest BCUT2D eigenvalue weighted by Crippen LogP contribution is 2.11. The lowest BCUT2D eigenvalue weighted by Gasteiger charge is -2.33. The molecule has 1 aliphatic heterocycles. The van der Waals surface area contributed by atoms with Gasteiger partial charge in [-0.25, -0.2) is 0 Å². The molecule has 1 fully saturated rings. The molecular weight excluding hydrogens is 256 g/mol. The van der Waals surface area contributed by atoms with Gasteiger partial charge in [0.15, 0.2) is 0 Å². The molecule has 0 bridgehead atoms. The number of halogens is 1.